The molecule has 0 amide bonds. The molecule has 0 aromatic heterocycles. The molecule has 11 rings (SSSR count). The zero-order valence-corrected chi connectivity index (χ0v) is 31.5. The first-order chi connectivity index (χ1) is 27.5. The quantitative estimate of drug-likeness (QED) is 0.161. The molecule has 0 atom stereocenters. The first-order valence-corrected chi connectivity index (χ1v) is 19.6. The second-order valence-electron chi connectivity index (χ2n) is 15.7. The van der Waals surface area contributed by atoms with E-state index < -0.39 is 0 Å². The van der Waals surface area contributed by atoms with Gasteiger partial charge in [-0.05, 0) is 118 Å². The van der Waals surface area contributed by atoms with Gasteiger partial charge in [0, 0.05) is 22.4 Å². The van der Waals surface area contributed by atoms with E-state index in [0.29, 0.717) is 0 Å². The van der Waals surface area contributed by atoms with Gasteiger partial charge in [-0.1, -0.05) is 178 Å². The van der Waals surface area contributed by atoms with Gasteiger partial charge in [0.1, 0.15) is 0 Å². The zero-order chi connectivity index (χ0) is 37.4. The molecular formula is C55H39N. The van der Waals surface area contributed by atoms with Gasteiger partial charge in [-0.15, -0.1) is 0 Å². The number of hydrogen-bond donors (Lipinski definition) is 0. The van der Waals surface area contributed by atoms with E-state index in [1.807, 2.05) is 0 Å². The van der Waals surface area contributed by atoms with E-state index in [4.69, 9.17) is 0 Å². The van der Waals surface area contributed by atoms with Crippen LogP contribution in [0.5, 0.6) is 0 Å². The Morgan fingerprint density at radius 1 is 0.339 bits per heavy atom. The van der Waals surface area contributed by atoms with Crippen LogP contribution in [0.2, 0.25) is 0 Å². The standard InChI is InChI=1S/C55H39N/c1-55(2)51-20-9-7-17-47(51)48-33-32-43(35-52(48)55)56(53-21-10-8-18-49(53)46-19-11-14-37-12-3-5-15-44(37)46)42-30-28-36(29-31-42)41-27-24-39-23-26-40-25-22-38-13-4-6-16-45(38)54(40)50(39)34-41/h3-35H,1-2H3. The van der Waals surface area contributed by atoms with Crippen molar-refractivity contribution in [3.63, 3.8) is 0 Å². The minimum Gasteiger partial charge on any atom is -0.310 e. The highest BCUT2D eigenvalue weighted by Crippen LogP contribution is 2.51. The molecule has 0 saturated carbocycles. The average Bonchev–Trinajstić information content (AvgIpc) is 3.49. The van der Waals surface area contributed by atoms with Crippen molar-refractivity contribution in [3.8, 4) is 33.4 Å². The van der Waals surface area contributed by atoms with Crippen LogP contribution in [0.3, 0.4) is 0 Å². The molecule has 0 N–H and O–H groups in total. The molecular weight excluding hydrogens is 675 g/mol. The van der Waals surface area contributed by atoms with Crippen LogP contribution in [0, 0.1) is 0 Å². The SMILES string of the molecule is CC1(C)c2ccccc2-c2ccc(N(c3ccc(-c4ccc5ccc6ccc7ccccc7c6c5c4)cc3)c3ccccc3-c3cccc4ccccc34)cc21. The van der Waals surface area contributed by atoms with Crippen molar-refractivity contribution in [2.24, 2.45) is 0 Å². The smallest absolute Gasteiger partial charge is 0.0540 e. The maximum absolute atomic E-state index is 2.46. The van der Waals surface area contributed by atoms with Crippen LogP contribution in [0.4, 0.5) is 17.1 Å². The molecule has 10 aromatic carbocycles. The Labute approximate surface area is 327 Å². The van der Waals surface area contributed by atoms with Crippen LogP contribution in [-0.4, -0.2) is 0 Å². The van der Waals surface area contributed by atoms with E-state index in [2.05, 4.69) is 219 Å². The van der Waals surface area contributed by atoms with E-state index >= 15 is 0 Å². The summed E-state index contributed by atoms with van der Waals surface area (Å²) in [7, 11) is 0. The third-order valence-electron chi connectivity index (χ3n) is 12.2. The van der Waals surface area contributed by atoms with Crippen molar-refractivity contribution < 1.29 is 0 Å². The van der Waals surface area contributed by atoms with Crippen LogP contribution in [0.25, 0.3) is 76.5 Å². The molecule has 0 bridgehead atoms. The minimum absolute atomic E-state index is 0.113. The van der Waals surface area contributed by atoms with Gasteiger partial charge in [0.15, 0.2) is 0 Å². The predicted octanol–water partition coefficient (Wildman–Crippen LogP) is 15.4. The van der Waals surface area contributed by atoms with Crippen LogP contribution < -0.4 is 4.90 Å². The maximum atomic E-state index is 2.46. The number of benzene rings is 10. The van der Waals surface area contributed by atoms with Crippen molar-refractivity contribution in [2.75, 3.05) is 4.90 Å². The van der Waals surface area contributed by atoms with Crippen LogP contribution >= 0.6 is 0 Å². The van der Waals surface area contributed by atoms with Gasteiger partial charge < -0.3 is 4.90 Å². The molecule has 264 valence electrons. The van der Waals surface area contributed by atoms with Gasteiger partial charge in [-0.2, -0.15) is 0 Å². The van der Waals surface area contributed by atoms with E-state index in [0.717, 1.165) is 17.1 Å². The van der Waals surface area contributed by atoms with Crippen LogP contribution in [-0.2, 0) is 5.41 Å². The molecule has 1 heteroatoms. The van der Waals surface area contributed by atoms with E-state index in [-0.39, 0.29) is 5.41 Å². The highest BCUT2D eigenvalue weighted by Gasteiger charge is 2.36. The number of rotatable bonds is 5. The molecule has 0 aliphatic heterocycles. The molecule has 56 heavy (non-hydrogen) atoms. The summed E-state index contributed by atoms with van der Waals surface area (Å²) in [4.78, 5) is 2.46. The molecule has 0 heterocycles. The van der Waals surface area contributed by atoms with Gasteiger partial charge in [0.05, 0.1) is 5.69 Å². The van der Waals surface area contributed by atoms with Crippen molar-refractivity contribution >= 4 is 60.2 Å². The van der Waals surface area contributed by atoms with Gasteiger partial charge in [0.25, 0.3) is 0 Å². The molecule has 0 unspecified atom stereocenters. The van der Waals surface area contributed by atoms with Gasteiger partial charge in [0.2, 0.25) is 0 Å². The molecule has 1 nitrogen and oxygen atoms in total. The highest BCUT2D eigenvalue weighted by molar-refractivity contribution is 6.20. The predicted molar refractivity (Wildman–Crippen MR) is 240 cm³/mol. The third kappa shape index (κ3) is 5.01. The lowest BCUT2D eigenvalue weighted by atomic mass is 9.82. The van der Waals surface area contributed by atoms with E-state index in [1.165, 1.54) is 87.6 Å². The summed E-state index contributed by atoms with van der Waals surface area (Å²) in [5, 5.41) is 10.2. The van der Waals surface area contributed by atoms with E-state index in [9.17, 15) is 0 Å². The third-order valence-corrected chi connectivity index (χ3v) is 12.2. The summed E-state index contributed by atoms with van der Waals surface area (Å²) in [6.07, 6.45) is 0. The normalized spacial score (nSPS) is 13.0. The first kappa shape index (κ1) is 32.5. The Bertz CT molecular complexity index is 3160. The monoisotopic (exact) mass is 713 g/mol. The lowest BCUT2D eigenvalue weighted by Gasteiger charge is -2.30. The lowest BCUT2D eigenvalue weighted by molar-refractivity contribution is 0.660. The fraction of sp³-hybridized carbons (Fsp3) is 0.0545. The largest absolute Gasteiger partial charge is 0.310 e. The van der Waals surface area contributed by atoms with Crippen molar-refractivity contribution in [1.29, 1.82) is 0 Å². The van der Waals surface area contributed by atoms with Gasteiger partial charge >= 0.3 is 0 Å². The second kappa shape index (κ2) is 12.5. The molecule has 10 aromatic rings. The minimum atomic E-state index is -0.113. The van der Waals surface area contributed by atoms with Crippen molar-refractivity contribution in [3.05, 3.63) is 211 Å². The van der Waals surface area contributed by atoms with Crippen molar-refractivity contribution in [1.82, 2.24) is 0 Å². The Balaban J connectivity index is 1.08. The number of hydrogen-bond acceptors (Lipinski definition) is 1. The molecule has 1 aliphatic rings. The number of fused-ring (bicyclic) bond motifs is 9. The summed E-state index contributed by atoms with van der Waals surface area (Å²) in [5.41, 5.74) is 13.5. The summed E-state index contributed by atoms with van der Waals surface area (Å²) >= 11 is 0. The average molecular weight is 714 g/mol. The second-order valence-corrected chi connectivity index (χ2v) is 15.7. The van der Waals surface area contributed by atoms with Crippen molar-refractivity contribution in [2.45, 2.75) is 19.3 Å². The molecule has 0 spiro atoms. The summed E-state index contributed by atoms with van der Waals surface area (Å²) in [6, 6.07) is 74.0. The fourth-order valence-electron chi connectivity index (χ4n) is 9.42. The Morgan fingerprint density at radius 3 is 1.71 bits per heavy atom. The Morgan fingerprint density at radius 2 is 0.893 bits per heavy atom. The number of anilines is 3. The van der Waals surface area contributed by atoms with Crippen LogP contribution in [0.1, 0.15) is 25.0 Å². The Hall–Kier alpha value is -6.96. The summed E-state index contributed by atoms with van der Waals surface area (Å²) in [6.45, 7) is 4.72. The lowest BCUT2D eigenvalue weighted by Crippen LogP contribution is -2.16. The topological polar surface area (TPSA) is 3.24 Å². The summed E-state index contributed by atoms with van der Waals surface area (Å²) in [5.74, 6) is 0. The highest BCUT2D eigenvalue weighted by atomic mass is 15.1. The Kier molecular flexibility index (Phi) is 7.28. The van der Waals surface area contributed by atoms with Gasteiger partial charge in [-0.3, -0.25) is 0 Å². The van der Waals surface area contributed by atoms with Crippen LogP contribution in [0.15, 0.2) is 200 Å². The molecule has 0 fully saturated rings. The molecule has 0 radical (unpaired) electrons. The first-order valence-electron chi connectivity index (χ1n) is 19.6. The number of nitrogens with zero attached hydrogens (tertiary/aromatic N) is 1. The molecule has 0 saturated heterocycles. The zero-order valence-electron chi connectivity index (χ0n) is 31.5. The fourth-order valence-corrected chi connectivity index (χ4v) is 9.42. The maximum Gasteiger partial charge on any atom is 0.0540 e. The number of para-hydroxylation sites is 1. The van der Waals surface area contributed by atoms with Gasteiger partial charge in [-0.25, -0.2) is 0 Å². The molecule has 1 aliphatic carbocycles. The van der Waals surface area contributed by atoms with E-state index in [1.54, 1.807) is 0 Å². The summed E-state index contributed by atoms with van der Waals surface area (Å²) < 4.78 is 0.